The SMILES string of the molecule is Cl.NC1CCCC(C(=O)NCC(=O)NC2CC2)C1. The predicted octanol–water partition coefficient (Wildman–Crippen LogP) is 0.320. The molecule has 2 amide bonds. The van der Waals surface area contributed by atoms with E-state index in [0.29, 0.717) is 6.04 Å². The highest BCUT2D eigenvalue weighted by Gasteiger charge is 2.26. The lowest BCUT2D eigenvalue weighted by molar-refractivity contribution is -0.129. The van der Waals surface area contributed by atoms with Gasteiger partial charge in [0.1, 0.15) is 0 Å². The van der Waals surface area contributed by atoms with Crippen molar-refractivity contribution in [3.05, 3.63) is 0 Å². The van der Waals surface area contributed by atoms with E-state index in [-0.39, 0.29) is 42.7 Å². The number of nitrogens with two attached hydrogens (primary N) is 1. The molecule has 2 rings (SSSR count). The first-order valence-electron chi connectivity index (χ1n) is 6.48. The minimum absolute atomic E-state index is 0. The monoisotopic (exact) mass is 275 g/mol. The van der Waals surface area contributed by atoms with Crippen molar-refractivity contribution in [2.24, 2.45) is 11.7 Å². The minimum Gasteiger partial charge on any atom is -0.352 e. The molecule has 104 valence electrons. The van der Waals surface area contributed by atoms with Crippen molar-refractivity contribution in [3.8, 4) is 0 Å². The number of hydrogen-bond donors (Lipinski definition) is 3. The van der Waals surface area contributed by atoms with E-state index in [1.165, 1.54) is 0 Å². The van der Waals surface area contributed by atoms with Gasteiger partial charge in [0.05, 0.1) is 6.54 Å². The molecule has 2 unspecified atom stereocenters. The molecule has 0 saturated heterocycles. The molecule has 2 aliphatic carbocycles. The standard InChI is InChI=1S/C12H21N3O2.ClH/c13-9-3-1-2-8(6-9)12(17)14-7-11(16)15-10-4-5-10;/h8-10H,1-7,13H2,(H,14,17)(H,15,16);1H. The second-order valence-electron chi connectivity index (χ2n) is 5.18. The molecule has 0 aromatic carbocycles. The summed E-state index contributed by atoms with van der Waals surface area (Å²) in [6.45, 7) is 0.0983. The average molecular weight is 276 g/mol. The molecular weight excluding hydrogens is 254 g/mol. The highest BCUT2D eigenvalue weighted by Crippen LogP contribution is 2.23. The summed E-state index contributed by atoms with van der Waals surface area (Å²) in [5.41, 5.74) is 5.83. The Labute approximate surface area is 114 Å². The summed E-state index contributed by atoms with van der Waals surface area (Å²) < 4.78 is 0. The largest absolute Gasteiger partial charge is 0.352 e. The molecule has 6 heteroatoms. The van der Waals surface area contributed by atoms with Gasteiger partial charge >= 0.3 is 0 Å². The molecule has 0 aromatic rings. The van der Waals surface area contributed by atoms with Crippen molar-refractivity contribution in [2.45, 2.75) is 50.6 Å². The molecule has 0 aliphatic heterocycles. The number of hydrogen-bond acceptors (Lipinski definition) is 3. The molecule has 0 spiro atoms. The number of nitrogens with one attached hydrogen (secondary N) is 2. The Hall–Kier alpha value is -0.810. The van der Waals surface area contributed by atoms with Gasteiger partial charge in [0.2, 0.25) is 11.8 Å². The lowest BCUT2D eigenvalue weighted by Crippen LogP contribution is -2.42. The van der Waals surface area contributed by atoms with Crippen LogP contribution in [0.2, 0.25) is 0 Å². The second-order valence-corrected chi connectivity index (χ2v) is 5.18. The third kappa shape index (κ3) is 4.82. The van der Waals surface area contributed by atoms with Gasteiger partial charge in [-0.3, -0.25) is 9.59 Å². The maximum Gasteiger partial charge on any atom is 0.239 e. The van der Waals surface area contributed by atoms with E-state index in [4.69, 9.17) is 5.73 Å². The fraction of sp³-hybridized carbons (Fsp3) is 0.833. The summed E-state index contributed by atoms with van der Waals surface area (Å²) in [5, 5.41) is 5.54. The Kier molecular flexibility index (Phi) is 5.88. The fourth-order valence-electron chi connectivity index (χ4n) is 2.28. The van der Waals surface area contributed by atoms with Crippen molar-refractivity contribution in [2.75, 3.05) is 6.54 Å². The summed E-state index contributed by atoms with van der Waals surface area (Å²) in [6.07, 6.45) is 5.79. The fourth-order valence-corrected chi connectivity index (χ4v) is 2.28. The van der Waals surface area contributed by atoms with Crippen LogP contribution in [-0.4, -0.2) is 30.4 Å². The molecule has 0 aromatic heterocycles. The molecule has 5 nitrogen and oxygen atoms in total. The van der Waals surface area contributed by atoms with Gasteiger partial charge in [-0.1, -0.05) is 6.42 Å². The summed E-state index contributed by atoms with van der Waals surface area (Å²) in [6, 6.07) is 0.488. The lowest BCUT2D eigenvalue weighted by atomic mass is 9.85. The van der Waals surface area contributed by atoms with E-state index in [1.807, 2.05) is 0 Å². The number of amides is 2. The van der Waals surface area contributed by atoms with E-state index in [1.54, 1.807) is 0 Å². The topological polar surface area (TPSA) is 84.2 Å². The Balaban J connectivity index is 0.00000162. The first kappa shape index (κ1) is 15.2. The zero-order valence-corrected chi connectivity index (χ0v) is 11.3. The van der Waals surface area contributed by atoms with Crippen LogP contribution >= 0.6 is 12.4 Å². The minimum atomic E-state index is -0.0824. The highest BCUT2D eigenvalue weighted by atomic mass is 35.5. The molecule has 0 heterocycles. The van der Waals surface area contributed by atoms with Gasteiger partial charge in [-0.2, -0.15) is 0 Å². The van der Waals surface area contributed by atoms with Crippen LogP contribution in [0.15, 0.2) is 0 Å². The van der Waals surface area contributed by atoms with E-state index >= 15 is 0 Å². The number of carbonyl (C=O) groups excluding carboxylic acids is 2. The van der Waals surface area contributed by atoms with E-state index < -0.39 is 0 Å². The van der Waals surface area contributed by atoms with Gasteiger partial charge in [0.15, 0.2) is 0 Å². The molecular formula is C12H22ClN3O2. The number of halogens is 1. The maximum atomic E-state index is 11.8. The summed E-state index contributed by atoms with van der Waals surface area (Å²) in [7, 11) is 0. The predicted molar refractivity (Wildman–Crippen MR) is 71.4 cm³/mol. The van der Waals surface area contributed by atoms with Crippen LogP contribution in [0.5, 0.6) is 0 Å². The smallest absolute Gasteiger partial charge is 0.239 e. The molecule has 4 N–H and O–H groups in total. The van der Waals surface area contributed by atoms with Crippen LogP contribution in [0.3, 0.4) is 0 Å². The van der Waals surface area contributed by atoms with E-state index in [0.717, 1.165) is 38.5 Å². The Morgan fingerprint density at radius 1 is 1.17 bits per heavy atom. The van der Waals surface area contributed by atoms with Gasteiger partial charge in [0.25, 0.3) is 0 Å². The number of carbonyl (C=O) groups is 2. The van der Waals surface area contributed by atoms with E-state index in [9.17, 15) is 9.59 Å². The molecule has 2 fully saturated rings. The van der Waals surface area contributed by atoms with Crippen LogP contribution in [0.4, 0.5) is 0 Å². The summed E-state index contributed by atoms with van der Waals surface area (Å²) in [4.78, 5) is 23.2. The van der Waals surface area contributed by atoms with Gasteiger partial charge < -0.3 is 16.4 Å². The molecule has 0 radical (unpaired) electrons. The summed E-state index contributed by atoms with van der Waals surface area (Å²) >= 11 is 0. The zero-order chi connectivity index (χ0) is 12.3. The van der Waals surface area contributed by atoms with Crippen LogP contribution < -0.4 is 16.4 Å². The average Bonchev–Trinajstić information content (AvgIpc) is 3.10. The van der Waals surface area contributed by atoms with E-state index in [2.05, 4.69) is 10.6 Å². The van der Waals surface area contributed by atoms with Crippen LogP contribution in [0.25, 0.3) is 0 Å². The van der Waals surface area contributed by atoms with Crippen molar-refractivity contribution >= 4 is 24.2 Å². The normalized spacial score (nSPS) is 26.9. The van der Waals surface area contributed by atoms with Gasteiger partial charge in [0, 0.05) is 18.0 Å². The molecule has 2 saturated carbocycles. The Morgan fingerprint density at radius 3 is 2.50 bits per heavy atom. The van der Waals surface area contributed by atoms with Crippen LogP contribution in [-0.2, 0) is 9.59 Å². The third-order valence-electron chi connectivity index (χ3n) is 3.45. The molecule has 2 aliphatic rings. The van der Waals surface area contributed by atoms with Crippen LogP contribution in [0.1, 0.15) is 38.5 Å². The molecule has 2 atom stereocenters. The Bertz CT molecular complexity index is 308. The van der Waals surface area contributed by atoms with Crippen molar-refractivity contribution in [3.63, 3.8) is 0 Å². The Morgan fingerprint density at radius 2 is 1.89 bits per heavy atom. The van der Waals surface area contributed by atoms with Crippen LogP contribution in [0, 0.1) is 5.92 Å². The quantitative estimate of drug-likeness (QED) is 0.691. The van der Waals surface area contributed by atoms with Crippen molar-refractivity contribution in [1.29, 1.82) is 0 Å². The van der Waals surface area contributed by atoms with Gasteiger partial charge in [-0.25, -0.2) is 0 Å². The first-order chi connectivity index (χ1) is 8.15. The van der Waals surface area contributed by atoms with Crippen molar-refractivity contribution < 1.29 is 9.59 Å². The summed E-state index contributed by atoms with van der Waals surface area (Å²) in [5.74, 6) is -0.112. The zero-order valence-electron chi connectivity index (χ0n) is 10.5. The molecule has 18 heavy (non-hydrogen) atoms. The molecule has 0 bridgehead atoms. The van der Waals surface area contributed by atoms with Gasteiger partial charge in [-0.05, 0) is 32.1 Å². The maximum absolute atomic E-state index is 11.8. The highest BCUT2D eigenvalue weighted by molar-refractivity contribution is 5.86. The third-order valence-corrected chi connectivity index (χ3v) is 3.45. The number of rotatable bonds is 4. The first-order valence-corrected chi connectivity index (χ1v) is 6.48. The van der Waals surface area contributed by atoms with Gasteiger partial charge in [-0.15, -0.1) is 12.4 Å². The second kappa shape index (κ2) is 6.95. The lowest BCUT2D eigenvalue weighted by Gasteiger charge is -2.25. The van der Waals surface area contributed by atoms with Crippen molar-refractivity contribution in [1.82, 2.24) is 10.6 Å².